The summed E-state index contributed by atoms with van der Waals surface area (Å²) in [6, 6.07) is 5.92. The van der Waals surface area contributed by atoms with E-state index >= 15 is 0 Å². The van der Waals surface area contributed by atoms with Crippen molar-refractivity contribution in [1.82, 2.24) is 0 Å². The first-order valence-corrected chi connectivity index (χ1v) is 6.57. The largest absolute Gasteiger partial charge is 0.298 e. The van der Waals surface area contributed by atoms with Crippen LogP contribution >= 0.6 is 11.6 Å². The lowest BCUT2D eigenvalue weighted by Gasteiger charge is -2.21. The number of carbonyl (C=O) groups excluding carboxylic acids is 1. The molecule has 0 spiro atoms. The summed E-state index contributed by atoms with van der Waals surface area (Å²) in [4.78, 5) is 11.4. The van der Waals surface area contributed by atoms with Gasteiger partial charge in [0.05, 0.1) is 4.90 Å². The molecule has 0 aliphatic heterocycles. The SMILES string of the molecule is CC(=O)C(C)(C)S(=O)(=O)c1cccc(Cl)c1. The number of Topliss-reactive ketones (excluding diaryl/α,β-unsaturated/α-hetero) is 1. The summed E-state index contributed by atoms with van der Waals surface area (Å²) in [6.45, 7) is 4.05. The van der Waals surface area contributed by atoms with Crippen LogP contribution in [0, 0.1) is 0 Å². The fraction of sp³-hybridized carbons (Fsp3) is 0.364. The van der Waals surface area contributed by atoms with Crippen LogP contribution in [0.3, 0.4) is 0 Å². The highest BCUT2D eigenvalue weighted by atomic mass is 35.5. The number of hydrogen-bond donors (Lipinski definition) is 0. The lowest BCUT2D eigenvalue weighted by Crippen LogP contribution is -2.39. The maximum Gasteiger partial charge on any atom is 0.190 e. The molecule has 0 saturated carbocycles. The molecule has 0 saturated heterocycles. The van der Waals surface area contributed by atoms with E-state index in [-0.39, 0.29) is 4.90 Å². The highest BCUT2D eigenvalue weighted by Gasteiger charge is 2.40. The normalized spacial score (nSPS) is 12.5. The zero-order valence-electron chi connectivity index (χ0n) is 9.32. The molecule has 0 fully saturated rings. The van der Waals surface area contributed by atoms with E-state index in [0.717, 1.165) is 0 Å². The number of benzene rings is 1. The Morgan fingerprint density at radius 2 is 1.88 bits per heavy atom. The van der Waals surface area contributed by atoms with Gasteiger partial charge in [-0.2, -0.15) is 0 Å². The van der Waals surface area contributed by atoms with Gasteiger partial charge in [0.25, 0.3) is 0 Å². The van der Waals surface area contributed by atoms with Crippen LogP contribution in [0.2, 0.25) is 5.02 Å². The van der Waals surface area contributed by atoms with Crippen molar-refractivity contribution >= 4 is 27.2 Å². The Balaban J connectivity index is 3.39. The molecule has 0 amide bonds. The van der Waals surface area contributed by atoms with E-state index in [2.05, 4.69) is 0 Å². The van der Waals surface area contributed by atoms with Crippen LogP contribution in [0.25, 0.3) is 0 Å². The van der Waals surface area contributed by atoms with Crippen LogP contribution in [-0.2, 0) is 14.6 Å². The third kappa shape index (κ3) is 2.13. The molecule has 0 heterocycles. The molecule has 0 atom stereocenters. The van der Waals surface area contributed by atoms with Gasteiger partial charge in [0.1, 0.15) is 4.75 Å². The van der Waals surface area contributed by atoms with Crippen molar-refractivity contribution in [2.75, 3.05) is 0 Å². The third-order valence-corrected chi connectivity index (χ3v) is 5.37. The number of ketones is 1. The van der Waals surface area contributed by atoms with Gasteiger partial charge in [-0.05, 0) is 39.0 Å². The molecule has 0 N–H and O–H groups in total. The van der Waals surface area contributed by atoms with Crippen LogP contribution in [0.15, 0.2) is 29.2 Å². The van der Waals surface area contributed by atoms with Gasteiger partial charge in [0, 0.05) is 5.02 Å². The van der Waals surface area contributed by atoms with Crippen LogP contribution < -0.4 is 0 Å². The quantitative estimate of drug-likeness (QED) is 0.839. The number of halogens is 1. The topological polar surface area (TPSA) is 51.2 Å². The predicted octanol–water partition coefficient (Wildman–Crippen LogP) is 2.48. The Bertz CT molecular complexity index is 518. The number of hydrogen-bond acceptors (Lipinski definition) is 3. The molecular weight excluding hydrogens is 248 g/mol. The summed E-state index contributed by atoms with van der Waals surface area (Å²) in [6.07, 6.45) is 0. The summed E-state index contributed by atoms with van der Waals surface area (Å²) in [7, 11) is -3.69. The number of carbonyl (C=O) groups is 1. The minimum Gasteiger partial charge on any atom is -0.298 e. The molecule has 0 unspecified atom stereocenters. The van der Waals surface area contributed by atoms with Gasteiger partial charge in [-0.3, -0.25) is 4.79 Å². The molecule has 5 heteroatoms. The van der Waals surface area contributed by atoms with Crippen molar-refractivity contribution in [2.24, 2.45) is 0 Å². The first kappa shape index (κ1) is 13.2. The molecule has 1 aromatic carbocycles. The molecule has 0 aliphatic carbocycles. The van der Waals surface area contributed by atoms with Gasteiger partial charge in [0.15, 0.2) is 15.6 Å². The monoisotopic (exact) mass is 260 g/mol. The molecule has 88 valence electrons. The fourth-order valence-electron chi connectivity index (χ4n) is 1.12. The van der Waals surface area contributed by atoms with Crippen molar-refractivity contribution < 1.29 is 13.2 Å². The van der Waals surface area contributed by atoms with Crippen LogP contribution in [0.5, 0.6) is 0 Å². The third-order valence-electron chi connectivity index (χ3n) is 2.63. The minimum atomic E-state index is -3.69. The highest BCUT2D eigenvalue weighted by molar-refractivity contribution is 7.93. The van der Waals surface area contributed by atoms with E-state index < -0.39 is 20.4 Å². The molecule has 1 aromatic rings. The molecule has 0 aliphatic rings. The minimum absolute atomic E-state index is 0.0696. The van der Waals surface area contributed by atoms with Crippen LogP contribution in [-0.4, -0.2) is 18.9 Å². The molecule has 0 bridgehead atoms. The van der Waals surface area contributed by atoms with Gasteiger partial charge >= 0.3 is 0 Å². The van der Waals surface area contributed by atoms with Crippen molar-refractivity contribution in [1.29, 1.82) is 0 Å². The molecule has 3 nitrogen and oxygen atoms in total. The van der Waals surface area contributed by atoms with E-state index in [9.17, 15) is 13.2 Å². The van der Waals surface area contributed by atoms with E-state index in [0.29, 0.717) is 5.02 Å². The average molecular weight is 261 g/mol. The van der Waals surface area contributed by atoms with Gasteiger partial charge < -0.3 is 0 Å². The van der Waals surface area contributed by atoms with Gasteiger partial charge in [-0.25, -0.2) is 8.42 Å². The second-order valence-corrected chi connectivity index (χ2v) is 6.96. The maximum atomic E-state index is 12.2. The lowest BCUT2D eigenvalue weighted by molar-refractivity contribution is -0.118. The second kappa shape index (κ2) is 4.18. The van der Waals surface area contributed by atoms with Gasteiger partial charge in [-0.1, -0.05) is 17.7 Å². The molecule has 0 aromatic heterocycles. The second-order valence-electron chi connectivity index (χ2n) is 4.03. The summed E-state index contributed by atoms with van der Waals surface area (Å²) in [5.41, 5.74) is 0. The Morgan fingerprint density at radius 3 is 2.31 bits per heavy atom. The molecule has 1 rings (SSSR count). The predicted molar refractivity (Wildman–Crippen MR) is 63.4 cm³/mol. The zero-order valence-corrected chi connectivity index (χ0v) is 10.9. The van der Waals surface area contributed by atoms with Gasteiger partial charge in [-0.15, -0.1) is 0 Å². The number of sulfone groups is 1. The molecule has 16 heavy (non-hydrogen) atoms. The first-order chi connectivity index (χ1) is 7.19. The highest BCUT2D eigenvalue weighted by Crippen LogP contribution is 2.27. The lowest BCUT2D eigenvalue weighted by atomic mass is 10.1. The summed E-state index contributed by atoms with van der Waals surface area (Å²) in [5.74, 6) is -0.396. The van der Waals surface area contributed by atoms with Crippen molar-refractivity contribution in [3.63, 3.8) is 0 Å². The smallest absolute Gasteiger partial charge is 0.190 e. The van der Waals surface area contributed by atoms with Crippen molar-refractivity contribution in [3.8, 4) is 0 Å². The van der Waals surface area contributed by atoms with Gasteiger partial charge in [0.2, 0.25) is 0 Å². The first-order valence-electron chi connectivity index (χ1n) is 4.71. The Labute approximate surface area is 100 Å². The van der Waals surface area contributed by atoms with Crippen molar-refractivity contribution in [3.05, 3.63) is 29.3 Å². The maximum absolute atomic E-state index is 12.2. The van der Waals surface area contributed by atoms with Crippen LogP contribution in [0.4, 0.5) is 0 Å². The summed E-state index contributed by atoms with van der Waals surface area (Å²) >= 11 is 5.73. The van der Waals surface area contributed by atoms with E-state index in [1.54, 1.807) is 12.1 Å². The Kier molecular flexibility index (Phi) is 3.45. The van der Waals surface area contributed by atoms with Crippen LogP contribution in [0.1, 0.15) is 20.8 Å². The standard InChI is InChI=1S/C11H13ClO3S/c1-8(13)11(2,3)16(14,15)10-6-4-5-9(12)7-10/h4-7H,1-3H3. The Hall–Kier alpha value is -0.870. The summed E-state index contributed by atoms with van der Waals surface area (Å²) < 4.78 is 22.9. The van der Waals surface area contributed by atoms with E-state index in [1.807, 2.05) is 0 Å². The van der Waals surface area contributed by atoms with Crippen molar-refractivity contribution in [2.45, 2.75) is 30.4 Å². The number of rotatable bonds is 3. The molecule has 0 radical (unpaired) electrons. The average Bonchev–Trinajstić information content (AvgIpc) is 2.17. The van der Waals surface area contributed by atoms with E-state index in [4.69, 9.17) is 11.6 Å². The summed E-state index contributed by atoms with van der Waals surface area (Å²) in [5, 5.41) is 0.334. The van der Waals surface area contributed by atoms with E-state index in [1.165, 1.54) is 32.9 Å². The Morgan fingerprint density at radius 1 is 1.31 bits per heavy atom. The fourth-order valence-corrected chi connectivity index (χ4v) is 2.88. The molecular formula is C11H13ClO3S. The zero-order chi connectivity index (χ0) is 12.6.